The van der Waals surface area contributed by atoms with Crippen molar-refractivity contribution in [2.75, 3.05) is 0 Å². The van der Waals surface area contributed by atoms with Crippen molar-refractivity contribution >= 4 is 45.0 Å². The van der Waals surface area contributed by atoms with Crippen LogP contribution in [0.1, 0.15) is 0 Å². The lowest BCUT2D eigenvalue weighted by Gasteiger charge is -2.25. The van der Waals surface area contributed by atoms with Crippen molar-refractivity contribution in [3.05, 3.63) is 48.5 Å². The second kappa shape index (κ2) is 4.30. The molecule has 0 bridgehead atoms. The molecule has 0 unspecified atom stereocenters. The molecule has 0 spiro atoms. The molecule has 1 heterocycles. The molecule has 3 rings (SSSR count). The average Bonchev–Trinajstić information content (AvgIpc) is 2.72. The zero-order chi connectivity index (χ0) is 14.5. The molecule has 20 heavy (non-hydrogen) atoms. The molecule has 2 aromatic carbocycles. The van der Waals surface area contributed by atoms with Crippen molar-refractivity contribution in [1.82, 2.24) is 4.57 Å². The Morgan fingerprint density at radius 2 is 1.15 bits per heavy atom. The molecule has 6 heteroatoms. The van der Waals surface area contributed by atoms with E-state index in [1.807, 2.05) is 0 Å². The molecule has 104 valence electrons. The summed E-state index contributed by atoms with van der Waals surface area (Å²) in [4.78, 5) is 0. The number of para-hydroxylation sites is 2. The fourth-order valence-corrected chi connectivity index (χ4v) is 2.52. The standard InChI is InChI=1S/C14H8Cl2F3N/c15-13(16,17)14(18,19)20-11-7-3-1-5-9(11)10-6-2-4-8-12(10)20/h1-8H. The average molecular weight is 318 g/mol. The molecule has 0 atom stereocenters. The molecule has 0 saturated heterocycles. The van der Waals surface area contributed by atoms with E-state index in [1.54, 1.807) is 36.4 Å². The monoisotopic (exact) mass is 317 g/mol. The second-order valence-corrected chi connectivity index (χ2v) is 5.64. The van der Waals surface area contributed by atoms with Gasteiger partial charge in [-0.05, 0) is 12.1 Å². The smallest absolute Gasteiger partial charge is 0.276 e. The summed E-state index contributed by atoms with van der Waals surface area (Å²) in [6, 6.07) is 8.86. The van der Waals surface area contributed by atoms with Gasteiger partial charge in [-0.1, -0.05) is 59.6 Å². The molecule has 0 fully saturated rings. The molecular formula is C14H8Cl2F3N. The minimum absolute atomic E-state index is 0.169. The Morgan fingerprint density at radius 3 is 1.55 bits per heavy atom. The lowest BCUT2D eigenvalue weighted by Crippen LogP contribution is -2.37. The zero-order valence-corrected chi connectivity index (χ0v) is 11.5. The van der Waals surface area contributed by atoms with E-state index in [9.17, 15) is 13.2 Å². The molecular weight excluding hydrogens is 310 g/mol. The van der Waals surface area contributed by atoms with Crippen molar-refractivity contribution in [2.24, 2.45) is 0 Å². The van der Waals surface area contributed by atoms with Crippen LogP contribution >= 0.6 is 23.2 Å². The van der Waals surface area contributed by atoms with E-state index in [0.29, 0.717) is 15.3 Å². The van der Waals surface area contributed by atoms with Gasteiger partial charge in [0.1, 0.15) is 0 Å². The lowest BCUT2D eigenvalue weighted by atomic mass is 10.2. The summed E-state index contributed by atoms with van der Waals surface area (Å²) in [5.41, 5.74) is 0.337. The Kier molecular flexibility index (Phi) is 2.92. The quantitative estimate of drug-likeness (QED) is 0.554. The van der Waals surface area contributed by atoms with E-state index in [-0.39, 0.29) is 11.0 Å². The zero-order valence-electron chi connectivity index (χ0n) is 9.96. The molecule has 0 saturated carbocycles. The Labute approximate surface area is 122 Å². The molecule has 0 amide bonds. The van der Waals surface area contributed by atoms with Crippen LogP contribution in [0, 0.1) is 0 Å². The number of nitrogens with zero attached hydrogens (tertiary/aromatic N) is 1. The lowest BCUT2D eigenvalue weighted by molar-refractivity contribution is -0.125. The first-order chi connectivity index (χ1) is 9.34. The molecule has 0 aliphatic heterocycles. The van der Waals surface area contributed by atoms with Gasteiger partial charge in [0.2, 0.25) is 0 Å². The predicted molar refractivity (Wildman–Crippen MR) is 75.2 cm³/mol. The van der Waals surface area contributed by atoms with Crippen LogP contribution in [0.2, 0.25) is 0 Å². The van der Waals surface area contributed by atoms with E-state index in [4.69, 9.17) is 23.2 Å². The van der Waals surface area contributed by atoms with Gasteiger partial charge in [0.25, 0.3) is 0 Å². The van der Waals surface area contributed by atoms with Crippen LogP contribution < -0.4 is 0 Å². The van der Waals surface area contributed by atoms with Crippen molar-refractivity contribution < 1.29 is 13.2 Å². The number of halogens is 5. The first kappa shape index (κ1) is 13.6. The summed E-state index contributed by atoms with van der Waals surface area (Å²) in [6.07, 6.45) is 0. The number of rotatable bonds is 2. The Hall–Kier alpha value is -1.39. The number of hydrogen-bond acceptors (Lipinski definition) is 0. The van der Waals surface area contributed by atoms with Crippen LogP contribution in [-0.4, -0.2) is 9.15 Å². The molecule has 1 nitrogen and oxygen atoms in total. The second-order valence-electron chi connectivity index (χ2n) is 4.41. The Morgan fingerprint density at radius 1 is 0.750 bits per heavy atom. The normalized spacial score (nSPS) is 13.2. The highest BCUT2D eigenvalue weighted by Gasteiger charge is 2.55. The molecule has 1 aromatic heterocycles. The number of benzene rings is 2. The third kappa shape index (κ3) is 1.79. The number of hydrogen-bond donors (Lipinski definition) is 0. The van der Waals surface area contributed by atoms with Crippen LogP contribution in [0.3, 0.4) is 0 Å². The summed E-state index contributed by atoms with van der Waals surface area (Å²) < 4.78 is 38.9. The molecule has 0 N–H and O–H groups in total. The van der Waals surface area contributed by atoms with Gasteiger partial charge in [0.05, 0.1) is 11.0 Å². The summed E-state index contributed by atoms with van der Waals surface area (Å²) in [7, 11) is 0. The largest absolute Gasteiger partial charge is 0.392 e. The minimum atomic E-state index is -4.10. The third-order valence-corrected chi connectivity index (χ3v) is 3.66. The van der Waals surface area contributed by atoms with E-state index in [0.717, 1.165) is 0 Å². The maximum atomic E-state index is 14.3. The number of aromatic nitrogens is 1. The number of alkyl halides is 5. The Balaban J connectivity index is 2.50. The number of fused-ring (bicyclic) bond motifs is 3. The van der Waals surface area contributed by atoms with Crippen LogP contribution in [0.15, 0.2) is 48.5 Å². The van der Waals surface area contributed by atoms with Crippen molar-refractivity contribution in [3.63, 3.8) is 0 Å². The van der Waals surface area contributed by atoms with Crippen LogP contribution in [0.5, 0.6) is 0 Å². The maximum Gasteiger partial charge on any atom is 0.392 e. The fraction of sp³-hybridized carbons (Fsp3) is 0.143. The van der Waals surface area contributed by atoms with Crippen molar-refractivity contribution in [1.29, 1.82) is 0 Å². The third-order valence-electron chi connectivity index (χ3n) is 3.20. The summed E-state index contributed by atoms with van der Waals surface area (Å²) in [5.74, 6) is 0. The summed E-state index contributed by atoms with van der Waals surface area (Å²) in [6.45, 7) is 0. The Bertz CT molecular complexity index is 737. The van der Waals surface area contributed by atoms with Gasteiger partial charge >= 0.3 is 10.6 Å². The molecule has 0 aliphatic rings. The highest BCUT2D eigenvalue weighted by atomic mass is 35.5. The van der Waals surface area contributed by atoms with Crippen LogP contribution in [-0.2, 0) is 6.05 Å². The van der Waals surface area contributed by atoms with Crippen LogP contribution in [0.25, 0.3) is 21.8 Å². The predicted octanol–water partition coefficient (Wildman–Crippen LogP) is 5.44. The fourth-order valence-electron chi connectivity index (χ4n) is 2.35. The van der Waals surface area contributed by atoms with Gasteiger partial charge in [-0.3, -0.25) is 4.57 Å². The van der Waals surface area contributed by atoms with Gasteiger partial charge < -0.3 is 0 Å². The summed E-state index contributed by atoms with van der Waals surface area (Å²) >= 11 is 10.1. The molecule has 0 aliphatic carbocycles. The summed E-state index contributed by atoms with van der Waals surface area (Å²) in [5, 5.41) is 1.17. The topological polar surface area (TPSA) is 4.93 Å². The maximum absolute atomic E-state index is 14.3. The molecule has 0 radical (unpaired) electrons. The van der Waals surface area contributed by atoms with E-state index in [1.165, 1.54) is 12.1 Å². The van der Waals surface area contributed by atoms with E-state index in [2.05, 4.69) is 0 Å². The first-order valence-electron chi connectivity index (χ1n) is 5.77. The van der Waals surface area contributed by atoms with Crippen molar-refractivity contribution in [2.45, 2.75) is 10.6 Å². The molecule has 3 aromatic rings. The van der Waals surface area contributed by atoms with E-state index >= 15 is 0 Å². The van der Waals surface area contributed by atoms with Crippen molar-refractivity contribution in [3.8, 4) is 0 Å². The minimum Gasteiger partial charge on any atom is -0.276 e. The van der Waals surface area contributed by atoms with Gasteiger partial charge in [0.15, 0.2) is 0 Å². The SMILES string of the molecule is FC(Cl)(Cl)C(F)(F)n1c2ccccc2c2ccccc21. The highest BCUT2D eigenvalue weighted by Crippen LogP contribution is 2.47. The van der Waals surface area contributed by atoms with Gasteiger partial charge in [0, 0.05) is 10.8 Å². The van der Waals surface area contributed by atoms with Gasteiger partial charge in [-0.25, -0.2) is 0 Å². The van der Waals surface area contributed by atoms with E-state index < -0.39 is 10.6 Å². The van der Waals surface area contributed by atoms with Gasteiger partial charge in [-0.15, -0.1) is 0 Å². The van der Waals surface area contributed by atoms with Crippen LogP contribution in [0.4, 0.5) is 13.2 Å². The highest BCUT2D eigenvalue weighted by molar-refractivity contribution is 6.47. The first-order valence-corrected chi connectivity index (χ1v) is 6.53. The van der Waals surface area contributed by atoms with Gasteiger partial charge in [-0.2, -0.15) is 13.2 Å².